The molecule has 116 valence electrons. The Balaban J connectivity index is 1.92. The molecule has 1 saturated carbocycles. The van der Waals surface area contributed by atoms with E-state index in [4.69, 9.17) is 9.47 Å². The van der Waals surface area contributed by atoms with Crippen molar-refractivity contribution >= 4 is 21.9 Å². The van der Waals surface area contributed by atoms with Crippen LogP contribution < -0.4 is 4.74 Å². The fraction of sp³-hybridized carbons (Fsp3) is 0.588. The molecule has 1 aliphatic rings. The van der Waals surface area contributed by atoms with Gasteiger partial charge in [0.1, 0.15) is 5.75 Å². The van der Waals surface area contributed by atoms with Gasteiger partial charge in [-0.05, 0) is 44.0 Å². The molecule has 21 heavy (non-hydrogen) atoms. The third-order valence-corrected chi connectivity index (χ3v) is 5.30. The van der Waals surface area contributed by atoms with Crippen LogP contribution in [0.25, 0.3) is 0 Å². The third-order valence-electron chi connectivity index (χ3n) is 4.11. The van der Waals surface area contributed by atoms with Gasteiger partial charge in [-0.25, -0.2) is 4.79 Å². The second-order valence-corrected chi connectivity index (χ2v) is 6.29. The number of benzene rings is 1. The van der Waals surface area contributed by atoms with Crippen LogP contribution in [0.5, 0.6) is 5.75 Å². The van der Waals surface area contributed by atoms with Gasteiger partial charge in [0.15, 0.2) is 0 Å². The van der Waals surface area contributed by atoms with Gasteiger partial charge < -0.3 is 9.47 Å². The largest absolute Gasteiger partial charge is 0.493 e. The first-order valence-electron chi connectivity index (χ1n) is 7.65. The summed E-state index contributed by atoms with van der Waals surface area (Å²) in [5.41, 5.74) is 0.829. The fourth-order valence-electron chi connectivity index (χ4n) is 2.76. The standard InChI is InChI=1S/C17H23BrO3/c1-2-20-16(19)14-6-8-15(9-7-14)21-13-17(12-18)10-4-3-5-11-17/h6-9H,2-5,10-13H2,1H3. The molecule has 3 nitrogen and oxygen atoms in total. The molecule has 0 spiro atoms. The van der Waals surface area contributed by atoms with Gasteiger partial charge in [-0.15, -0.1) is 0 Å². The Labute approximate surface area is 135 Å². The van der Waals surface area contributed by atoms with Crippen molar-refractivity contribution < 1.29 is 14.3 Å². The Morgan fingerprint density at radius 3 is 2.43 bits per heavy atom. The maximum absolute atomic E-state index is 11.6. The van der Waals surface area contributed by atoms with Crippen molar-refractivity contribution in [2.75, 3.05) is 18.5 Å². The smallest absolute Gasteiger partial charge is 0.338 e. The van der Waals surface area contributed by atoms with E-state index in [1.165, 1.54) is 32.1 Å². The van der Waals surface area contributed by atoms with Crippen molar-refractivity contribution in [2.45, 2.75) is 39.0 Å². The lowest BCUT2D eigenvalue weighted by molar-refractivity contribution is 0.0526. The van der Waals surface area contributed by atoms with Crippen molar-refractivity contribution in [3.63, 3.8) is 0 Å². The average Bonchev–Trinajstić information content (AvgIpc) is 2.54. The van der Waals surface area contributed by atoms with E-state index in [-0.39, 0.29) is 11.4 Å². The van der Waals surface area contributed by atoms with Gasteiger partial charge in [0.05, 0.1) is 18.8 Å². The van der Waals surface area contributed by atoms with Gasteiger partial charge in [-0.1, -0.05) is 35.2 Å². The molecule has 0 aliphatic heterocycles. The minimum atomic E-state index is -0.284. The zero-order chi connectivity index (χ0) is 15.1. The van der Waals surface area contributed by atoms with Crippen molar-refractivity contribution in [3.05, 3.63) is 29.8 Å². The zero-order valence-electron chi connectivity index (χ0n) is 12.6. The normalized spacial score (nSPS) is 17.2. The van der Waals surface area contributed by atoms with Crippen molar-refractivity contribution in [1.29, 1.82) is 0 Å². The van der Waals surface area contributed by atoms with Gasteiger partial charge in [0.25, 0.3) is 0 Å². The maximum Gasteiger partial charge on any atom is 0.338 e. The number of hydrogen-bond acceptors (Lipinski definition) is 3. The molecule has 1 aliphatic carbocycles. The van der Waals surface area contributed by atoms with Gasteiger partial charge in [0, 0.05) is 10.7 Å². The fourth-order valence-corrected chi connectivity index (χ4v) is 3.48. The molecule has 0 saturated heterocycles. The highest BCUT2D eigenvalue weighted by atomic mass is 79.9. The van der Waals surface area contributed by atoms with E-state index in [9.17, 15) is 4.79 Å². The molecule has 0 heterocycles. The third kappa shape index (κ3) is 4.47. The van der Waals surface area contributed by atoms with Crippen LogP contribution in [0.1, 0.15) is 49.4 Å². The zero-order valence-corrected chi connectivity index (χ0v) is 14.2. The Bertz CT molecular complexity index is 450. The summed E-state index contributed by atoms with van der Waals surface area (Å²) in [5, 5.41) is 0.987. The quantitative estimate of drug-likeness (QED) is 0.553. The minimum Gasteiger partial charge on any atom is -0.493 e. The lowest BCUT2D eigenvalue weighted by Crippen LogP contribution is -2.32. The number of carbonyl (C=O) groups excluding carboxylic acids is 1. The molecule has 0 amide bonds. The summed E-state index contributed by atoms with van der Waals surface area (Å²) >= 11 is 3.65. The molecular formula is C17H23BrO3. The van der Waals surface area contributed by atoms with Crippen molar-refractivity contribution in [1.82, 2.24) is 0 Å². The lowest BCUT2D eigenvalue weighted by atomic mass is 9.76. The Hall–Kier alpha value is -1.03. The molecule has 0 bridgehead atoms. The SMILES string of the molecule is CCOC(=O)c1ccc(OCC2(CBr)CCCCC2)cc1. The van der Waals surface area contributed by atoms with Crippen LogP contribution >= 0.6 is 15.9 Å². The number of halogens is 1. The van der Waals surface area contributed by atoms with Crippen molar-refractivity contribution in [3.8, 4) is 5.75 Å². The van der Waals surface area contributed by atoms with E-state index in [0.717, 1.165) is 17.7 Å². The highest BCUT2D eigenvalue weighted by Crippen LogP contribution is 2.38. The van der Waals surface area contributed by atoms with Crippen LogP contribution in [0, 0.1) is 5.41 Å². The molecular weight excluding hydrogens is 332 g/mol. The first kappa shape index (κ1) is 16.3. The Morgan fingerprint density at radius 1 is 1.19 bits per heavy atom. The second kappa shape index (κ2) is 7.83. The van der Waals surface area contributed by atoms with Gasteiger partial charge in [-0.3, -0.25) is 0 Å². The summed E-state index contributed by atoms with van der Waals surface area (Å²) < 4.78 is 10.9. The molecule has 0 unspecified atom stereocenters. The maximum atomic E-state index is 11.6. The topological polar surface area (TPSA) is 35.5 Å². The number of esters is 1. The molecule has 1 fully saturated rings. The molecule has 0 N–H and O–H groups in total. The van der Waals surface area contributed by atoms with E-state index in [0.29, 0.717) is 12.2 Å². The highest BCUT2D eigenvalue weighted by molar-refractivity contribution is 9.09. The van der Waals surface area contributed by atoms with Crippen molar-refractivity contribution in [2.24, 2.45) is 5.41 Å². The monoisotopic (exact) mass is 354 g/mol. The predicted molar refractivity (Wildman–Crippen MR) is 87.2 cm³/mol. The van der Waals surface area contributed by atoms with E-state index >= 15 is 0 Å². The number of alkyl halides is 1. The van der Waals surface area contributed by atoms with Gasteiger partial charge >= 0.3 is 5.97 Å². The van der Waals surface area contributed by atoms with E-state index in [1.54, 1.807) is 19.1 Å². The first-order chi connectivity index (χ1) is 10.2. The predicted octanol–water partition coefficient (Wildman–Crippen LogP) is 4.59. The number of hydrogen-bond donors (Lipinski definition) is 0. The summed E-state index contributed by atoms with van der Waals surface area (Å²) in [5.74, 6) is 0.530. The summed E-state index contributed by atoms with van der Waals surface area (Å²) in [6.45, 7) is 2.93. The number of carbonyl (C=O) groups is 1. The molecule has 1 aromatic rings. The second-order valence-electron chi connectivity index (χ2n) is 5.73. The highest BCUT2D eigenvalue weighted by Gasteiger charge is 2.31. The van der Waals surface area contributed by atoms with Crippen LogP contribution in [0.3, 0.4) is 0 Å². The Kier molecular flexibility index (Phi) is 6.09. The lowest BCUT2D eigenvalue weighted by Gasteiger charge is -2.35. The summed E-state index contributed by atoms with van der Waals surface area (Å²) in [6.07, 6.45) is 6.36. The molecule has 2 rings (SSSR count). The van der Waals surface area contributed by atoms with E-state index in [1.807, 2.05) is 12.1 Å². The minimum absolute atomic E-state index is 0.262. The number of rotatable bonds is 6. The summed E-state index contributed by atoms with van der Waals surface area (Å²) in [4.78, 5) is 11.6. The summed E-state index contributed by atoms with van der Waals surface area (Å²) in [7, 11) is 0. The Morgan fingerprint density at radius 2 is 1.86 bits per heavy atom. The molecule has 0 radical (unpaired) electrons. The van der Waals surface area contributed by atoms with Gasteiger partial charge in [-0.2, -0.15) is 0 Å². The van der Waals surface area contributed by atoms with Crippen LogP contribution in [-0.2, 0) is 4.74 Å². The van der Waals surface area contributed by atoms with Crippen LogP contribution in [-0.4, -0.2) is 24.5 Å². The van der Waals surface area contributed by atoms with E-state index in [2.05, 4.69) is 15.9 Å². The van der Waals surface area contributed by atoms with E-state index < -0.39 is 0 Å². The summed E-state index contributed by atoms with van der Waals surface area (Å²) in [6, 6.07) is 7.21. The van der Waals surface area contributed by atoms with Crippen LogP contribution in [0.15, 0.2) is 24.3 Å². The first-order valence-corrected chi connectivity index (χ1v) is 8.77. The molecule has 4 heteroatoms. The van der Waals surface area contributed by atoms with Gasteiger partial charge in [0.2, 0.25) is 0 Å². The molecule has 0 aromatic heterocycles. The van der Waals surface area contributed by atoms with Crippen LogP contribution in [0.2, 0.25) is 0 Å². The average molecular weight is 355 g/mol. The van der Waals surface area contributed by atoms with Crippen LogP contribution in [0.4, 0.5) is 0 Å². The molecule has 0 atom stereocenters. The molecule has 1 aromatic carbocycles. The number of ether oxygens (including phenoxy) is 2.